The molecule has 0 heterocycles. The Balaban J connectivity index is 2.18. The van der Waals surface area contributed by atoms with Crippen molar-refractivity contribution in [3.8, 4) is 0 Å². The molecular weight excluding hydrogens is 330 g/mol. The molecule has 1 nitrogen and oxygen atoms in total. The van der Waals surface area contributed by atoms with Crippen molar-refractivity contribution in [1.29, 1.82) is 0 Å². The van der Waals surface area contributed by atoms with E-state index in [1.54, 1.807) is 0 Å². The largest absolute Gasteiger partial charge is 0.256 e. The van der Waals surface area contributed by atoms with Gasteiger partial charge in [0.2, 0.25) is 0 Å². The molecule has 0 aliphatic carbocycles. The van der Waals surface area contributed by atoms with Gasteiger partial charge in [-0.25, -0.2) is 0 Å². The van der Waals surface area contributed by atoms with Gasteiger partial charge in [-0.05, 0) is 35.9 Å². The summed E-state index contributed by atoms with van der Waals surface area (Å²) < 4.78 is 2.12. The predicted octanol–water partition coefficient (Wildman–Crippen LogP) is 4.96. The van der Waals surface area contributed by atoms with E-state index in [1.807, 2.05) is 54.7 Å². The Kier molecular flexibility index (Phi) is 3.91. The fourth-order valence-corrected chi connectivity index (χ4v) is 1.91. The summed E-state index contributed by atoms with van der Waals surface area (Å²) >= 11 is 6.82. The molecule has 2 rings (SSSR count). The molecule has 16 heavy (non-hydrogen) atoms. The first-order chi connectivity index (χ1) is 7.74. The van der Waals surface area contributed by atoms with Gasteiger partial charge >= 0.3 is 0 Å². The lowest BCUT2D eigenvalue weighted by Crippen LogP contribution is -1.78. The van der Waals surface area contributed by atoms with Gasteiger partial charge in [0, 0.05) is 15.2 Å². The van der Waals surface area contributed by atoms with Crippen LogP contribution in [0.1, 0.15) is 5.56 Å². The van der Waals surface area contributed by atoms with Crippen LogP contribution in [0.2, 0.25) is 0 Å². The average molecular weight is 339 g/mol. The fraction of sp³-hybridized carbons (Fsp3) is 0. The molecule has 0 saturated carbocycles. The fourth-order valence-electron chi connectivity index (χ4n) is 1.25. The lowest BCUT2D eigenvalue weighted by molar-refractivity contribution is 1.50. The average Bonchev–Trinajstić information content (AvgIpc) is 2.28. The van der Waals surface area contributed by atoms with Crippen LogP contribution in [0.25, 0.3) is 0 Å². The van der Waals surface area contributed by atoms with Crippen molar-refractivity contribution in [2.24, 2.45) is 4.99 Å². The van der Waals surface area contributed by atoms with Crippen molar-refractivity contribution in [2.75, 3.05) is 0 Å². The summed E-state index contributed by atoms with van der Waals surface area (Å²) in [6, 6.07) is 16.0. The van der Waals surface area contributed by atoms with Crippen molar-refractivity contribution < 1.29 is 0 Å². The second-order valence-electron chi connectivity index (χ2n) is 3.29. The molecule has 0 aliphatic rings. The lowest BCUT2D eigenvalue weighted by atomic mass is 10.2. The van der Waals surface area contributed by atoms with Crippen LogP contribution in [0.4, 0.5) is 5.69 Å². The summed E-state index contributed by atoms with van der Waals surface area (Å²) in [4.78, 5) is 4.40. The number of rotatable bonds is 2. The first kappa shape index (κ1) is 11.6. The normalized spacial score (nSPS) is 10.9. The molecule has 0 atom stereocenters. The summed E-state index contributed by atoms with van der Waals surface area (Å²) in [6.45, 7) is 0. The van der Waals surface area contributed by atoms with Crippen molar-refractivity contribution in [3.05, 3.63) is 63.0 Å². The topological polar surface area (TPSA) is 12.4 Å². The van der Waals surface area contributed by atoms with Gasteiger partial charge in [-0.2, -0.15) is 0 Å². The highest BCUT2D eigenvalue weighted by molar-refractivity contribution is 9.10. The van der Waals surface area contributed by atoms with E-state index in [-0.39, 0.29) is 0 Å². The zero-order valence-electron chi connectivity index (χ0n) is 8.40. The van der Waals surface area contributed by atoms with Crippen molar-refractivity contribution in [2.45, 2.75) is 0 Å². The number of nitrogens with zero attached hydrogens (tertiary/aromatic N) is 1. The second kappa shape index (κ2) is 5.41. The molecule has 0 radical (unpaired) electrons. The third-order valence-corrected chi connectivity index (χ3v) is 3.06. The molecule has 0 amide bonds. The van der Waals surface area contributed by atoms with E-state index in [0.717, 1.165) is 20.2 Å². The Hall–Kier alpha value is -0.930. The monoisotopic (exact) mass is 337 g/mol. The highest BCUT2D eigenvalue weighted by Gasteiger charge is 1.91. The minimum Gasteiger partial charge on any atom is -0.256 e. The molecule has 0 aromatic heterocycles. The molecular formula is C13H9Br2N. The van der Waals surface area contributed by atoms with Gasteiger partial charge in [-0.15, -0.1) is 0 Å². The molecule has 0 spiro atoms. The van der Waals surface area contributed by atoms with Crippen LogP contribution in [0, 0.1) is 0 Å². The first-order valence-electron chi connectivity index (χ1n) is 4.79. The van der Waals surface area contributed by atoms with Crippen molar-refractivity contribution in [1.82, 2.24) is 0 Å². The lowest BCUT2D eigenvalue weighted by Gasteiger charge is -1.95. The van der Waals surface area contributed by atoms with Crippen molar-refractivity contribution in [3.63, 3.8) is 0 Å². The van der Waals surface area contributed by atoms with Gasteiger partial charge < -0.3 is 0 Å². The SMILES string of the molecule is Brc1ccc(C=Nc2cccc(Br)c2)cc1. The zero-order chi connectivity index (χ0) is 11.4. The van der Waals surface area contributed by atoms with Gasteiger partial charge in [-0.3, -0.25) is 4.99 Å². The molecule has 0 aliphatic heterocycles. The number of aliphatic imine (C=N–C) groups is 1. The summed E-state index contributed by atoms with van der Waals surface area (Å²) in [5.41, 5.74) is 2.03. The van der Waals surface area contributed by atoms with E-state index < -0.39 is 0 Å². The van der Waals surface area contributed by atoms with Gasteiger partial charge in [0.1, 0.15) is 0 Å². The minimum absolute atomic E-state index is 0.942. The molecule has 80 valence electrons. The van der Waals surface area contributed by atoms with Crippen LogP contribution in [-0.4, -0.2) is 6.21 Å². The number of hydrogen-bond donors (Lipinski definition) is 0. The summed E-state index contributed by atoms with van der Waals surface area (Å²) in [5, 5.41) is 0. The quantitative estimate of drug-likeness (QED) is 0.686. The van der Waals surface area contributed by atoms with Crippen LogP contribution < -0.4 is 0 Å². The third-order valence-electron chi connectivity index (χ3n) is 2.04. The molecule has 2 aromatic rings. The van der Waals surface area contributed by atoms with Crippen molar-refractivity contribution >= 4 is 43.8 Å². The zero-order valence-corrected chi connectivity index (χ0v) is 11.6. The number of hydrogen-bond acceptors (Lipinski definition) is 1. The third kappa shape index (κ3) is 3.29. The van der Waals surface area contributed by atoms with Gasteiger partial charge in [0.25, 0.3) is 0 Å². The summed E-state index contributed by atoms with van der Waals surface area (Å²) in [5.74, 6) is 0. The Labute approximate surface area is 111 Å². The number of halogens is 2. The molecule has 2 aromatic carbocycles. The van der Waals surface area contributed by atoms with E-state index in [2.05, 4.69) is 36.9 Å². The Bertz CT molecular complexity index is 504. The van der Waals surface area contributed by atoms with E-state index in [9.17, 15) is 0 Å². The molecule has 0 saturated heterocycles. The minimum atomic E-state index is 0.942. The van der Waals surface area contributed by atoms with Gasteiger partial charge in [0.05, 0.1) is 5.69 Å². The van der Waals surface area contributed by atoms with E-state index in [1.165, 1.54) is 0 Å². The van der Waals surface area contributed by atoms with Crippen LogP contribution in [-0.2, 0) is 0 Å². The Morgan fingerprint density at radius 2 is 1.62 bits per heavy atom. The maximum absolute atomic E-state index is 4.40. The van der Waals surface area contributed by atoms with E-state index in [4.69, 9.17) is 0 Å². The van der Waals surface area contributed by atoms with Gasteiger partial charge in [-0.1, -0.05) is 50.1 Å². The number of benzene rings is 2. The standard InChI is InChI=1S/C13H9Br2N/c14-11-6-4-10(5-7-11)9-16-13-3-1-2-12(15)8-13/h1-9H. The Morgan fingerprint density at radius 3 is 2.31 bits per heavy atom. The van der Waals surface area contributed by atoms with E-state index in [0.29, 0.717) is 0 Å². The maximum atomic E-state index is 4.40. The molecule has 0 fully saturated rings. The molecule has 0 N–H and O–H groups in total. The summed E-state index contributed by atoms with van der Waals surface area (Å²) in [7, 11) is 0. The van der Waals surface area contributed by atoms with Crippen LogP contribution in [0.3, 0.4) is 0 Å². The molecule has 3 heteroatoms. The van der Waals surface area contributed by atoms with Gasteiger partial charge in [0.15, 0.2) is 0 Å². The first-order valence-corrected chi connectivity index (χ1v) is 6.38. The summed E-state index contributed by atoms with van der Waals surface area (Å²) in [6.07, 6.45) is 1.86. The van der Waals surface area contributed by atoms with E-state index >= 15 is 0 Å². The van der Waals surface area contributed by atoms with Crippen LogP contribution in [0.5, 0.6) is 0 Å². The molecule has 0 unspecified atom stereocenters. The Morgan fingerprint density at radius 1 is 0.875 bits per heavy atom. The van der Waals surface area contributed by atoms with Crippen LogP contribution in [0.15, 0.2) is 62.5 Å². The molecule has 0 bridgehead atoms. The predicted molar refractivity (Wildman–Crippen MR) is 75.5 cm³/mol. The second-order valence-corrected chi connectivity index (χ2v) is 5.12. The maximum Gasteiger partial charge on any atom is 0.0641 e. The van der Waals surface area contributed by atoms with Crippen LogP contribution >= 0.6 is 31.9 Å². The smallest absolute Gasteiger partial charge is 0.0641 e. The highest BCUT2D eigenvalue weighted by atomic mass is 79.9. The highest BCUT2D eigenvalue weighted by Crippen LogP contribution is 2.18.